The van der Waals surface area contributed by atoms with Gasteiger partial charge in [0.25, 0.3) is 5.91 Å². The van der Waals surface area contributed by atoms with Gasteiger partial charge >= 0.3 is 0 Å². The van der Waals surface area contributed by atoms with Crippen LogP contribution in [0.4, 0.5) is 10.1 Å². The maximum absolute atomic E-state index is 13.5. The predicted octanol–water partition coefficient (Wildman–Crippen LogP) is 3.71. The summed E-state index contributed by atoms with van der Waals surface area (Å²) in [7, 11) is 0. The summed E-state index contributed by atoms with van der Waals surface area (Å²) in [6.45, 7) is 0.265. The van der Waals surface area contributed by atoms with Gasteiger partial charge in [0.05, 0.1) is 10.7 Å². The zero-order chi connectivity index (χ0) is 15.0. The highest BCUT2D eigenvalue weighted by atomic mass is 35.5. The summed E-state index contributed by atoms with van der Waals surface area (Å²) in [4.78, 5) is 25.9. The average Bonchev–Trinajstić information content (AvgIpc) is 2.50. The molecule has 1 aliphatic heterocycles. The van der Waals surface area contributed by atoms with Crippen molar-refractivity contribution in [2.24, 2.45) is 0 Å². The quantitative estimate of drug-likeness (QED) is 0.805. The van der Waals surface area contributed by atoms with Crippen molar-refractivity contribution in [2.45, 2.75) is 6.42 Å². The van der Waals surface area contributed by atoms with Crippen LogP contribution in [-0.4, -0.2) is 18.2 Å². The van der Waals surface area contributed by atoms with Gasteiger partial charge in [-0.25, -0.2) is 4.39 Å². The van der Waals surface area contributed by atoms with E-state index in [4.69, 9.17) is 11.6 Å². The number of carbonyl (C=O) groups excluding carboxylic acids is 2. The summed E-state index contributed by atoms with van der Waals surface area (Å²) < 4.78 is 13.5. The molecule has 21 heavy (non-hydrogen) atoms. The Morgan fingerprint density at radius 1 is 1.19 bits per heavy atom. The fraction of sp³-hybridized carbons (Fsp3) is 0.125. The van der Waals surface area contributed by atoms with Gasteiger partial charge < -0.3 is 4.90 Å². The number of halogens is 2. The van der Waals surface area contributed by atoms with Crippen LogP contribution in [-0.2, 0) is 0 Å². The van der Waals surface area contributed by atoms with E-state index in [2.05, 4.69) is 0 Å². The summed E-state index contributed by atoms with van der Waals surface area (Å²) in [5.41, 5.74) is 1.08. The molecule has 1 amide bonds. The predicted molar refractivity (Wildman–Crippen MR) is 78.5 cm³/mol. The molecule has 0 spiro atoms. The molecule has 3 nitrogen and oxygen atoms in total. The summed E-state index contributed by atoms with van der Waals surface area (Å²) in [6.07, 6.45) is 0.173. The van der Waals surface area contributed by atoms with Crippen LogP contribution >= 0.6 is 11.6 Å². The molecule has 0 saturated carbocycles. The lowest BCUT2D eigenvalue weighted by Crippen LogP contribution is -2.37. The van der Waals surface area contributed by atoms with Gasteiger partial charge in [-0.05, 0) is 24.3 Å². The molecule has 0 radical (unpaired) electrons. The Morgan fingerprint density at radius 2 is 1.90 bits per heavy atom. The Morgan fingerprint density at radius 3 is 2.62 bits per heavy atom. The van der Waals surface area contributed by atoms with Crippen molar-refractivity contribution in [3.05, 3.63) is 64.4 Å². The Hall–Kier alpha value is -2.20. The monoisotopic (exact) mass is 303 g/mol. The minimum Gasteiger partial charge on any atom is -0.307 e. The van der Waals surface area contributed by atoms with Crippen molar-refractivity contribution < 1.29 is 14.0 Å². The first-order chi connectivity index (χ1) is 10.1. The first-order valence-electron chi connectivity index (χ1n) is 6.47. The van der Waals surface area contributed by atoms with E-state index in [1.54, 1.807) is 24.3 Å². The molecular weight excluding hydrogens is 293 g/mol. The Balaban J connectivity index is 2.07. The molecule has 0 N–H and O–H groups in total. The molecule has 3 rings (SSSR count). The lowest BCUT2D eigenvalue weighted by molar-refractivity contribution is 0.0954. The van der Waals surface area contributed by atoms with E-state index in [-0.39, 0.29) is 35.2 Å². The second-order valence-corrected chi connectivity index (χ2v) is 5.19. The van der Waals surface area contributed by atoms with Gasteiger partial charge in [-0.3, -0.25) is 9.59 Å². The highest BCUT2D eigenvalue weighted by molar-refractivity contribution is 6.31. The van der Waals surface area contributed by atoms with E-state index >= 15 is 0 Å². The molecule has 0 saturated heterocycles. The molecule has 0 fully saturated rings. The number of hydrogen-bond donors (Lipinski definition) is 0. The van der Waals surface area contributed by atoms with Crippen molar-refractivity contribution in [3.8, 4) is 0 Å². The fourth-order valence-corrected chi connectivity index (χ4v) is 2.56. The van der Waals surface area contributed by atoms with Gasteiger partial charge in [0.2, 0.25) is 0 Å². The Labute approximate surface area is 125 Å². The third-order valence-electron chi connectivity index (χ3n) is 3.46. The van der Waals surface area contributed by atoms with Crippen molar-refractivity contribution in [2.75, 3.05) is 11.4 Å². The number of amides is 1. The lowest BCUT2D eigenvalue weighted by Gasteiger charge is -2.29. The van der Waals surface area contributed by atoms with Crippen molar-refractivity contribution >= 4 is 29.0 Å². The van der Waals surface area contributed by atoms with Crippen LogP contribution in [0, 0.1) is 5.82 Å². The number of carbonyl (C=O) groups is 2. The maximum atomic E-state index is 13.5. The van der Waals surface area contributed by atoms with Gasteiger partial charge in [0.15, 0.2) is 5.78 Å². The third-order valence-corrected chi connectivity index (χ3v) is 3.75. The minimum atomic E-state index is -0.655. The van der Waals surface area contributed by atoms with E-state index in [1.807, 2.05) is 6.07 Å². The molecule has 2 aromatic carbocycles. The number of benzene rings is 2. The molecule has 1 heterocycles. The fourth-order valence-electron chi connectivity index (χ4n) is 2.40. The van der Waals surface area contributed by atoms with E-state index < -0.39 is 5.82 Å². The van der Waals surface area contributed by atoms with E-state index in [0.29, 0.717) is 11.3 Å². The largest absolute Gasteiger partial charge is 0.307 e. The van der Waals surface area contributed by atoms with Gasteiger partial charge in [0, 0.05) is 24.1 Å². The number of hydrogen-bond acceptors (Lipinski definition) is 2. The first-order valence-corrected chi connectivity index (χ1v) is 6.85. The third kappa shape index (κ3) is 2.43. The normalized spacial score (nSPS) is 14.0. The molecule has 0 aliphatic carbocycles. The van der Waals surface area contributed by atoms with E-state index in [1.165, 1.54) is 11.0 Å². The summed E-state index contributed by atoms with van der Waals surface area (Å²) in [6, 6.07) is 11.2. The molecule has 2 aromatic rings. The number of fused-ring (bicyclic) bond motifs is 1. The number of Topliss-reactive ketones (excluding diaryl/α,β-unsaturated/α-hetero) is 1. The maximum Gasteiger partial charge on any atom is 0.258 e. The molecule has 0 bridgehead atoms. The van der Waals surface area contributed by atoms with E-state index in [9.17, 15) is 14.0 Å². The van der Waals surface area contributed by atoms with Crippen LogP contribution in [0.15, 0.2) is 42.5 Å². The van der Waals surface area contributed by atoms with Crippen LogP contribution in [0.3, 0.4) is 0 Å². The highest BCUT2D eigenvalue weighted by Gasteiger charge is 2.29. The van der Waals surface area contributed by atoms with Crippen molar-refractivity contribution in [1.29, 1.82) is 0 Å². The minimum absolute atomic E-state index is 0.102. The van der Waals surface area contributed by atoms with Crippen LogP contribution < -0.4 is 4.90 Å². The topological polar surface area (TPSA) is 37.4 Å². The molecule has 0 atom stereocenters. The van der Waals surface area contributed by atoms with Crippen LogP contribution in [0.1, 0.15) is 27.1 Å². The Kier molecular flexibility index (Phi) is 3.47. The molecular formula is C16H11ClFNO2. The smallest absolute Gasteiger partial charge is 0.258 e. The van der Waals surface area contributed by atoms with Crippen molar-refractivity contribution in [1.82, 2.24) is 0 Å². The molecule has 1 aliphatic rings. The zero-order valence-corrected chi connectivity index (χ0v) is 11.7. The number of rotatable bonds is 1. The van der Waals surface area contributed by atoms with Crippen molar-refractivity contribution in [3.63, 3.8) is 0 Å². The summed E-state index contributed by atoms with van der Waals surface area (Å²) in [5.74, 6) is -1.07. The number of ketones is 1. The molecule has 106 valence electrons. The standard InChI is InChI=1S/C16H11ClFNO2/c17-12-9-14-11(8-13(12)18)15(20)6-7-19(14)16(21)10-4-2-1-3-5-10/h1-5,8-9H,6-7H2. The Bertz CT molecular complexity index is 731. The van der Waals surface area contributed by atoms with E-state index in [0.717, 1.165) is 6.07 Å². The summed E-state index contributed by atoms with van der Waals surface area (Å²) in [5, 5.41) is -0.102. The first kappa shape index (κ1) is 13.8. The van der Waals surface area contributed by atoms with Gasteiger partial charge in [-0.15, -0.1) is 0 Å². The number of nitrogens with zero attached hydrogens (tertiary/aromatic N) is 1. The second kappa shape index (κ2) is 5.30. The van der Waals surface area contributed by atoms with Crippen LogP contribution in [0.5, 0.6) is 0 Å². The highest BCUT2D eigenvalue weighted by Crippen LogP contribution is 2.32. The zero-order valence-electron chi connectivity index (χ0n) is 11.0. The lowest BCUT2D eigenvalue weighted by atomic mass is 9.99. The average molecular weight is 304 g/mol. The van der Waals surface area contributed by atoms with Crippen LogP contribution in [0.25, 0.3) is 0 Å². The SMILES string of the molecule is O=C1CCN(C(=O)c2ccccc2)c2cc(Cl)c(F)cc21. The molecule has 5 heteroatoms. The van der Waals surface area contributed by atoms with Gasteiger partial charge in [-0.2, -0.15) is 0 Å². The van der Waals surface area contributed by atoms with Gasteiger partial charge in [-0.1, -0.05) is 29.8 Å². The molecule has 0 unspecified atom stereocenters. The van der Waals surface area contributed by atoms with Crippen LogP contribution in [0.2, 0.25) is 5.02 Å². The second-order valence-electron chi connectivity index (χ2n) is 4.78. The summed E-state index contributed by atoms with van der Waals surface area (Å²) >= 11 is 5.79. The molecule has 0 aromatic heterocycles. The van der Waals surface area contributed by atoms with Gasteiger partial charge in [0.1, 0.15) is 5.82 Å². The number of anilines is 1.